The lowest BCUT2D eigenvalue weighted by Gasteiger charge is -2.25. The molecule has 0 amide bonds. The fourth-order valence-electron chi connectivity index (χ4n) is 1.26. The molecule has 0 saturated heterocycles. The van der Waals surface area contributed by atoms with E-state index in [-0.39, 0.29) is 12.7 Å². The van der Waals surface area contributed by atoms with Crippen LogP contribution in [0.1, 0.15) is 0 Å². The summed E-state index contributed by atoms with van der Waals surface area (Å²) in [6.45, 7) is 0.731. The summed E-state index contributed by atoms with van der Waals surface area (Å²) in [4.78, 5) is 0. The van der Waals surface area contributed by atoms with Crippen LogP contribution in [0.4, 0.5) is 5.69 Å². The number of hydrogen-bond acceptors (Lipinski definition) is 3. The van der Waals surface area contributed by atoms with Crippen LogP contribution in [0.2, 0.25) is 0 Å². The fraction of sp³-hybridized carbons (Fsp3) is 0.333. The first-order chi connectivity index (χ1) is 5.90. The van der Waals surface area contributed by atoms with E-state index in [9.17, 15) is 0 Å². The van der Waals surface area contributed by atoms with Gasteiger partial charge in [0.2, 0.25) is 0 Å². The largest absolute Gasteiger partial charge is 0.484 e. The summed E-state index contributed by atoms with van der Waals surface area (Å²) in [7, 11) is 0. The normalized spacial score (nSPS) is 20.6. The quantitative estimate of drug-likeness (QED) is 0.648. The van der Waals surface area contributed by atoms with Crippen LogP contribution < -0.4 is 10.1 Å². The molecule has 1 aromatic rings. The van der Waals surface area contributed by atoms with Crippen molar-refractivity contribution in [2.45, 2.75) is 6.10 Å². The van der Waals surface area contributed by atoms with Gasteiger partial charge in [0.15, 0.2) is 0 Å². The molecule has 0 saturated carbocycles. The van der Waals surface area contributed by atoms with Gasteiger partial charge in [0.05, 0.1) is 18.8 Å². The van der Waals surface area contributed by atoms with Crippen LogP contribution in [-0.2, 0) is 0 Å². The third-order valence-electron chi connectivity index (χ3n) is 1.90. The molecule has 12 heavy (non-hydrogen) atoms. The first kappa shape index (κ1) is 7.43. The minimum Gasteiger partial charge on any atom is -0.484 e. The number of hydrogen-bond donors (Lipinski definition) is 2. The average molecular weight is 165 g/mol. The zero-order valence-corrected chi connectivity index (χ0v) is 6.66. The van der Waals surface area contributed by atoms with E-state index < -0.39 is 0 Å². The Morgan fingerprint density at radius 3 is 3.17 bits per heavy atom. The molecular weight excluding hydrogens is 154 g/mol. The van der Waals surface area contributed by atoms with E-state index in [1.165, 1.54) is 0 Å². The van der Waals surface area contributed by atoms with Crippen LogP contribution in [0.3, 0.4) is 0 Å². The highest BCUT2D eigenvalue weighted by Gasteiger charge is 2.16. The molecule has 2 rings (SSSR count). The molecule has 3 heteroatoms. The predicted molar refractivity (Wildman–Crippen MR) is 46.4 cm³/mol. The maximum absolute atomic E-state index is 8.85. The number of aliphatic hydroxyl groups excluding tert-OH is 1. The van der Waals surface area contributed by atoms with Crippen molar-refractivity contribution in [3.05, 3.63) is 24.3 Å². The Bertz CT molecular complexity index is 275. The second-order valence-corrected chi connectivity index (χ2v) is 2.80. The second kappa shape index (κ2) is 3.03. The Labute approximate surface area is 71.0 Å². The van der Waals surface area contributed by atoms with Crippen LogP contribution in [0.25, 0.3) is 0 Å². The van der Waals surface area contributed by atoms with Crippen molar-refractivity contribution >= 4 is 5.69 Å². The Hall–Kier alpha value is -1.22. The zero-order valence-electron chi connectivity index (χ0n) is 6.66. The van der Waals surface area contributed by atoms with E-state index in [0.717, 1.165) is 11.4 Å². The summed E-state index contributed by atoms with van der Waals surface area (Å²) in [6, 6.07) is 7.72. The smallest absolute Gasteiger partial charge is 0.143 e. The van der Waals surface area contributed by atoms with Crippen molar-refractivity contribution in [3.8, 4) is 5.75 Å². The van der Waals surface area contributed by atoms with Gasteiger partial charge in [-0.3, -0.25) is 0 Å². The number of nitrogens with one attached hydrogen (secondary N) is 1. The molecule has 64 valence electrons. The molecule has 0 bridgehead atoms. The van der Waals surface area contributed by atoms with Crippen molar-refractivity contribution < 1.29 is 9.84 Å². The van der Waals surface area contributed by atoms with E-state index in [1.54, 1.807) is 0 Å². The van der Waals surface area contributed by atoms with E-state index >= 15 is 0 Å². The third kappa shape index (κ3) is 1.23. The van der Waals surface area contributed by atoms with Crippen LogP contribution in [0.15, 0.2) is 24.3 Å². The van der Waals surface area contributed by atoms with Crippen molar-refractivity contribution in [2.24, 2.45) is 0 Å². The molecule has 0 aliphatic carbocycles. The van der Waals surface area contributed by atoms with Gasteiger partial charge in [-0.15, -0.1) is 0 Å². The summed E-state index contributed by atoms with van der Waals surface area (Å²) in [5, 5.41) is 12.0. The number of aliphatic hydroxyl groups is 1. The van der Waals surface area contributed by atoms with Gasteiger partial charge in [-0.2, -0.15) is 0 Å². The SMILES string of the molecule is OC[C@H]1CNc2ccccc2O1. The van der Waals surface area contributed by atoms with Crippen LogP contribution in [-0.4, -0.2) is 24.4 Å². The molecule has 1 aromatic carbocycles. The molecule has 0 unspecified atom stereocenters. The van der Waals surface area contributed by atoms with Gasteiger partial charge in [-0.1, -0.05) is 12.1 Å². The summed E-state index contributed by atoms with van der Waals surface area (Å²) >= 11 is 0. The molecule has 1 heterocycles. The summed E-state index contributed by atoms with van der Waals surface area (Å²) < 4.78 is 5.47. The van der Waals surface area contributed by atoms with Crippen molar-refractivity contribution in [1.82, 2.24) is 0 Å². The highest BCUT2D eigenvalue weighted by Crippen LogP contribution is 2.27. The molecule has 3 nitrogen and oxygen atoms in total. The summed E-state index contributed by atoms with van der Waals surface area (Å²) in [5.41, 5.74) is 1.00. The second-order valence-electron chi connectivity index (χ2n) is 2.80. The standard InChI is InChI=1S/C9H11NO2/c11-6-7-5-10-8-3-1-2-4-9(8)12-7/h1-4,7,10-11H,5-6H2/t7-/m1/s1. The Morgan fingerprint density at radius 1 is 1.50 bits per heavy atom. The van der Waals surface area contributed by atoms with Gasteiger partial charge in [-0.25, -0.2) is 0 Å². The van der Waals surface area contributed by atoms with Crippen molar-refractivity contribution in [3.63, 3.8) is 0 Å². The number of benzene rings is 1. The maximum Gasteiger partial charge on any atom is 0.143 e. The number of rotatable bonds is 1. The van der Waals surface area contributed by atoms with E-state index in [2.05, 4.69) is 5.32 Å². The molecule has 0 aromatic heterocycles. The molecule has 1 atom stereocenters. The van der Waals surface area contributed by atoms with E-state index in [0.29, 0.717) is 6.54 Å². The lowest BCUT2D eigenvalue weighted by molar-refractivity contribution is 0.120. The molecule has 1 aliphatic rings. The van der Waals surface area contributed by atoms with Gasteiger partial charge in [0.1, 0.15) is 11.9 Å². The first-order valence-electron chi connectivity index (χ1n) is 4.00. The minimum atomic E-state index is -0.111. The molecule has 1 aliphatic heterocycles. The van der Waals surface area contributed by atoms with E-state index in [4.69, 9.17) is 9.84 Å². The topological polar surface area (TPSA) is 41.5 Å². The Balaban J connectivity index is 2.23. The lowest BCUT2D eigenvalue weighted by atomic mass is 10.2. The van der Waals surface area contributed by atoms with Crippen LogP contribution >= 0.6 is 0 Å². The van der Waals surface area contributed by atoms with Crippen molar-refractivity contribution in [2.75, 3.05) is 18.5 Å². The highest BCUT2D eigenvalue weighted by molar-refractivity contribution is 5.57. The first-order valence-corrected chi connectivity index (χ1v) is 4.00. The molecule has 2 N–H and O–H groups in total. The number of ether oxygens (including phenoxy) is 1. The molecule has 0 spiro atoms. The number of anilines is 1. The monoisotopic (exact) mass is 165 g/mol. The lowest BCUT2D eigenvalue weighted by Crippen LogP contribution is -2.33. The number of para-hydroxylation sites is 2. The van der Waals surface area contributed by atoms with E-state index in [1.807, 2.05) is 24.3 Å². The maximum atomic E-state index is 8.85. The van der Waals surface area contributed by atoms with Crippen LogP contribution in [0.5, 0.6) is 5.75 Å². The van der Waals surface area contributed by atoms with Gasteiger partial charge < -0.3 is 15.2 Å². The predicted octanol–water partition coefficient (Wildman–Crippen LogP) is 0.852. The average Bonchev–Trinajstić information content (AvgIpc) is 2.17. The molecule has 0 radical (unpaired) electrons. The molecular formula is C9H11NO2. The Morgan fingerprint density at radius 2 is 2.33 bits per heavy atom. The van der Waals surface area contributed by atoms with Crippen LogP contribution in [0, 0.1) is 0 Å². The van der Waals surface area contributed by atoms with Gasteiger partial charge >= 0.3 is 0 Å². The highest BCUT2D eigenvalue weighted by atomic mass is 16.5. The fourth-order valence-corrected chi connectivity index (χ4v) is 1.26. The third-order valence-corrected chi connectivity index (χ3v) is 1.90. The van der Waals surface area contributed by atoms with Gasteiger partial charge in [0, 0.05) is 0 Å². The van der Waals surface area contributed by atoms with Crippen molar-refractivity contribution in [1.29, 1.82) is 0 Å². The zero-order chi connectivity index (χ0) is 8.39. The molecule has 0 fully saturated rings. The van der Waals surface area contributed by atoms with Gasteiger partial charge in [-0.05, 0) is 12.1 Å². The summed E-state index contributed by atoms with van der Waals surface area (Å²) in [5.74, 6) is 0.822. The summed E-state index contributed by atoms with van der Waals surface area (Å²) in [6.07, 6.45) is -0.111. The minimum absolute atomic E-state index is 0.0569. The van der Waals surface area contributed by atoms with Gasteiger partial charge in [0.25, 0.3) is 0 Å². The number of fused-ring (bicyclic) bond motifs is 1. The Kier molecular flexibility index (Phi) is 1.87.